The monoisotopic (exact) mass is 121 g/mol. The Morgan fingerprint density at radius 1 is 1.67 bits per heavy atom. The second-order valence-electron chi connectivity index (χ2n) is 2.61. The average Bonchev–Trinajstić information content (AvgIpc) is 2.65. The van der Waals surface area contributed by atoms with Gasteiger partial charge in [-0.1, -0.05) is 12.2 Å². The molecule has 0 aromatic rings. The number of nitrogens with zero attached hydrogens (tertiary/aromatic N) is 1. The number of rotatable bonds is 2. The van der Waals surface area contributed by atoms with Crippen molar-refractivity contribution in [2.45, 2.75) is 31.7 Å². The summed E-state index contributed by atoms with van der Waals surface area (Å²) in [5, 5.41) is 0. The Hall–Kier alpha value is -0.770. The fraction of sp³-hybridized carbons (Fsp3) is 0.625. The van der Waals surface area contributed by atoms with Crippen molar-refractivity contribution in [3.63, 3.8) is 0 Å². The first-order valence-corrected chi connectivity index (χ1v) is 3.33. The lowest BCUT2D eigenvalue weighted by atomic mass is 10.2. The smallest absolute Gasteiger partial charge is 0.236 e. The summed E-state index contributed by atoms with van der Waals surface area (Å²) < 4.78 is 0. The summed E-state index contributed by atoms with van der Waals surface area (Å²) in [6, 6.07) is 0. The van der Waals surface area contributed by atoms with Gasteiger partial charge in [-0.25, -0.2) is 6.57 Å². The zero-order valence-electron chi connectivity index (χ0n) is 5.72. The van der Waals surface area contributed by atoms with E-state index in [-0.39, 0.29) is 5.54 Å². The lowest BCUT2D eigenvalue weighted by Gasteiger charge is -1.92. The van der Waals surface area contributed by atoms with Crippen molar-refractivity contribution in [1.82, 2.24) is 0 Å². The normalized spacial score (nSPS) is 21.8. The molecule has 0 radical (unpaired) electrons. The van der Waals surface area contributed by atoms with E-state index in [9.17, 15) is 0 Å². The molecule has 1 aliphatic rings. The molecule has 1 aliphatic carbocycles. The molecule has 0 saturated heterocycles. The van der Waals surface area contributed by atoms with Gasteiger partial charge in [-0.15, -0.1) is 0 Å². The van der Waals surface area contributed by atoms with Crippen LogP contribution in [0.25, 0.3) is 4.85 Å². The molecule has 0 unspecified atom stereocenters. The predicted molar refractivity (Wildman–Crippen MR) is 38.0 cm³/mol. The van der Waals surface area contributed by atoms with E-state index in [4.69, 9.17) is 6.57 Å². The average molecular weight is 121 g/mol. The molecule has 0 heterocycles. The van der Waals surface area contributed by atoms with Crippen LogP contribution in [0.4, 0.5) is 0 Å². The molecule has 1 fully saturated rings. The van der Waals surface area contributed by atoms with E-state index in [1.54, 1.807) is 0 Å². The molecule has 0 amide bonds. The van der Waals surface area contributed by atoms with Gasteiger partial charge in [0.2, 0.25) is 5.54 Å². The summed E-state index contributed by atoms with van der Waals surface area (Å²) >= 11 is 0. The van der Waals surface area contributed by atoms with Crippen molar-refractivity contribution in [3.05, 3.63) is 23.6 Å². The topological polar surface area (TPSA) is 4.36 Å². The standard InChI is InChI=1S/C8H11N/c1-3-4-5-8(9-2)6-7-8/h3-4H,5-7H2,1H3/b4-3+. The molecule has 0 bridgehead atoms. The summed E-state index contributed by atoms with van der Waals surface area (Å²) in [5.41, 5.74) is 0.0481. The van der Waals surface area contributed by atoms with E-state index >= 15 is 0 Å². The minimum Gasteiger partial charge on any atom is -0.310 e. The van der Waals surface area contributed by atoms with Crippen LogP contribution in [0.1, 0.15) is 26.2 Å². The number of allylic oxidation sites excluding steroid dienone is 1. The fourth-order valence-electron chi connectivity index (χ4n) is 0.843. The van der Waals surface area contributed by atoms with Crippen molar-refractivity contribution >= 4 is 0 Å². The Kier molecular flexibility index (Phi) is 1.57. The van der Waals surface area contributed by atoms with Crippen molar-refractivity contribution in [2.75, 3.05) is 0 Å². The molecule has 0 N–H and O–H groups in total. The van der Waals surface area contributed by atoms with E-state index in [1.165, 1.54) is 0 Å². The van der Waals surface area contributed by atoms with Gasteiger partial charge in [0.25, 0.3) is 0 Å². The minimum atomic E-state index is 0.0481. The van der Waals surface area contributed by atoms with Gasteiger partial charge < -0.3 is 4.85 Å². The lowest BCUT2D eigenvalue weighted by Crippen LogP contribution is -1.97. The molecular formula is C8H11N. The quantitative estimate of drug-likeness (QED) is 0.390. The van der Waals surface area contributed by atoms with E-state index < -0.39 is 0 Å². The molecule has 0 aromatic carbocycles. The molecule has 1 nitrogen and oxygen atoms in total. The zero-order valence-corrected chi connectivity index (χ0v) is 5.72. The number of hydrogen-bond donors (Lipinski definition) is 0. The second kappa shape index (κ2) is 2.23. The van der Waals surface area contributed by atoms with Crippen LogP contribution in [-0.4, -0.2) is 5.54 Å². The van der Waals surface area contributed by atoms with Gasteiger partial charge in [-0.05, 0) is 6.92 Å². The van der Waals surface area contributed by atoms with Crippen LogP contribution in [0.3, 0.4) is 0 Å². The molecule has 1 saturated carbocycles. The van der Waals surface area contributed by atoms with E-state index in [0.717, 1.165) is 19.3 Å². The van der Waals surface area contributed by atoms with Crippen LogP contribution < -0.4 is 0 Å². The van der Waals surface area contributed by atoms with Gasteiger partial charge in [-0.2, -0.15) is 0 Å². The van der Waals surface area contributed by atoms with Crippen molar-refractivity contribution in [3.8, 4) is 0 Å². The Bertz CT molecular complexity index is 158. The zero-order chi connectivity index (χ0) is 6.74. The molecule has 0 aliphatic heterocycles. The number of hydrogen-bond acceptors (Lipinski definition) is 0. The van der Waals surface area contributed by atoms with Crippen LogP contribution in [0, 0.1) is 6.57 Å². The van der Waals surface area contributed by atoms with Gasteiger partial charge in [0.15, 0.2) is 0 Å². The Labute approximate surface area is 56.2 Å². The van der Waals surface area contributed by atoms with E-state index in [1.807, 2.05) is 13.0 Å². The third-order valence-corrected chi connectivity index (χ3v) is 1.80. The third-order valence-electron chi connectivity index (χ3n) is 1.80. The third kappa shape index (κ3) is 1.32. The summed E-state index contributed by atoms with van der Waals surface area (Å²) in [6.07, 6.45) is 7.30. The minimum absolute atomic E-state index is 0.0481. The summed E-state index contributed by atoms with van der Waals surface area (Å²) in [6.45, 7) is 8.84. The molecule has 9 heavy (non-hydrogen) atoms. The SMILES string of the molecule is [C-]#[N+]C1(C/C=C/C)CC1. The molecule has 0 spiro atoms. The molecular weight excluding hydrogens is 110 g/mol. The largest absolute Gasteiger partial charge is 0.310 e. The maximum Gasteiger partial charge on any atom is 0.236 e. The van der Waals surface area contributed by atoms with Gasteiger partial charge >= 0.3 is 0 Å². The highest BCUT2D eigenvalue weighted by Crippen LogP contribution is 2.43. The molecule has 48 valence electrons. The van der Waals surface area contributed by atoms with Crippen LogP contribution >= 0.6 is 0 Å². The Balaban J connectivity index is 2.36. The molecule has 1 rings (SSSR count). The maximum atomic E-state index is 6.84. The van der Waals surface area contributed by atoms with Crippen molar-refractivity contribution < 1.29 is 0 Å². The Morgan fingerprint density at radius 2 is 2.33 bits per heavy atom. The van der Waals surface area contributed by atoms with E-state index in [2.05, 4.69) is 10.9 Å². The molecule has 0 atom stereocenters. The van der Waals surface area contributed by atoms with Gasteiger partial charge in [0.05, 0.1) is 0 Å². The first-order valence-electron chi connectivity index (χ1n) is 3.33. The van der Waals surface area contributed by atoms with Crippen LogP contribution in [-0.2, 0) is 0 Å². The first kappa shape index (κ1) is 6.35. The van der Waals surface area contributed by atoms with Gasteiger partial charge in [-0.3, -0.25) is 0 Å². The van der Waals surface area contributed by atoms with Gasteiger partial charge in [0.1, 0.15) is 0 Å². The lowest BCUT2D eigenvalue weighted by molar-refractivity contribution is 0.805. The van der Waals surface area contributed by atoms with Crippen LogP contribution in [0.2, 0.25) is 0 Å². The Morgan fingerprint density at radius 3 is 2.67 bits per heavy atom. The summed E-state index contributed by atoms with van der Waals surface area (Å²) in [5.74, 6) is 0. The highest BCUT2D eigenvalue weighted by Gasteiger charge is 2.49. The fourth-order valence-corrected chi connectivity index (χ4v) is 0.843. The first-order chi connectivity index (χ1) is 4.33. The second-order valence-corrected chi connectivity index (χ2v) is 2.61. The highest BCUT2D eigenvalue weighted by atomic mass is 14.9. The van der Waals surface area contributed by atoms with Crippen molar-refractivity contribution in [1.29, 1.82) is 0 Å². The molecule has 1 heteroatoms. The van der Waals surface area contributed by atoms with Gasteiger partial charge in [0, 0.05) is 19.3 Å². The van der Waals surface area contributed by atoms with E-state index in [0.29, 0.717) is 0 Å². The predicted octanol–water partition coefficient (Wildman–Crippen LogP) is 2.40. The highest BCUT2D eigenvalue weighted by molar-refractivity contribution is 5.14. The van der Waals surface area contributed by atoms with Crippen LogP contribution in [0.15, 0.2) is 12.2 Å². The maximum absolute atomic E-state index is 6.84. The summed E-state index contributed by atoms with van der Waals surface area (Å²) in [4.78, 5) is 3.57. The summed E-state index contributed by atoms with van der Waals surface area (Å²) in [7, 11) is 0. The van der Waals surface area contributed by atoms with Crippen LogP contribution in [0.5, 0.6) is 0 Å². The van der Waals surface area contributed by atoms with Crippen molar-refractivity contribution in [2.24, 2.45) is 0 Å². The molecule has 0 aromatic heterocycles.